The summed E-state index contributed by atoms with van der Waals surface area (Å²) in [5, 5.41) is 0. The van der Waals surface area contributed by atoms with Gasteiger partial charge in [-0.25, -0.2) is 0 Å². The largest absolute Gasteiger partial charge is 0.302 e. The summed E-state index contributed by atoms with van der Waals surface area (Å²) in [6.07, 6.45) is 10.4. The highest BCUT2D eigenvalue weighted by Gasteiger charge is 2.57. The first-order valence-electron chi connectivity index (χ1n) is 8.50. The second kappa shape index (κ2) is 6.06. The summed E-state index contributed by atoms with van der Waals surface area (Å²) in [5.41, 5.74) is 0.820. The maximum atomic E-state index is 12.7. The zero-order valence-corrected chi connectivity index (χ0v) is 14.1. The fraction of sp³-hybridized carbons (Fsp3) is 0.789. The molecule has 4 atom stereocenters. The van der Waals surface area contributed by atoms with E-state index < -0.39 is 5.41 Å². The van der Waals surface area contributed by atoms with Crippen molar-refractivity contribution in [1.29, 1.82) is 0 Å². The van der Waals surface area contributed by atoms with Crippen LogP contribution in [0.3, 0.4) is 0 Å². The average Bonchev–Trinajstić information content (AvgIpc) is 2.43. The van der Waals surface area contributed by atoms with Crippen LogP contribution in [0.4, 0.5) is 0 Å². The summed E-state index contributed by atoms with van der Waals surface area (Å²) in [7, 11) is 0. The highest BCUT2D eigenvalue weighted by atomic mass is 16.1. The van der Waals surface area contributed by atoms with E-state index in [0.29, 0.717) is 0 Å². The molecule has 2 saturated carbocycles. The summed E-state index contributed by atoms with van der Waals surface area (Å²) in [6.45, 7) is 8.57. The van der Waals surface area contributed by atoms with E-state index in [-0.39, 0.29) is 23.0 Å². The Labute approximate surface area is 129 Å². The van der Waals surface area contributed by atoms with Gasteiger partial charge in [0.05, 0.1) is 5.41 Å². The lowest BCUT2D eigenvalue weighted by molar-refractivity contribution is -0.156. The third-order valence-corrected chi connectivity index (χ3v) is 6.07. The van der Waals surface area contributed by atoms with Gasteiger partial charge in [-0.05, 0) is 63.7 Å². The number of allylic oxidation sites excluding steroid dienone is 2. The molecule has 0 amide bonds. The van der Waals surface area contributed by atoms with Crippen LogP contribution in [0.25, 0.3) is 0 Å². The third kappa shape index (κ3) is 2.86. The van der Waals surface area contributed by atoms with Crippen molar-refractivity contribution in [2.24, 2.45) is 22.7 Å². The van der Waals surface area contributed by atoms with E-state index in [9.17, 15) is 9.59 Å². The third-order valence-electron chi connectivity index (χ3n) is 6.07. The van der Waals surface area contributed by atoms with Gasteiger partial charge in [-0.3, -0.25) is 4.79 Å². The minimum Gasteiger partial charge on any atom is -0.302 e. The molecule has 118 valence electrons. The van der Waals surface area contributed by atoms with Gasteiger partial charge in [0.2, 0.25) is 0 Å². The number of carbonyl (C=O) groups excluding carboxylic acids is 2. The second-order valence-corrected chi connectivity index (χ2v) is 7.88. The topological polar surface area (TPSA) is 34.1 Å². The molecule has 0 aliphatic heterocycles. The molecule has 21 heavy (non-hydrogen) atoms. The lowest BCUT2D eigenvalue weighted by Crippen LogP contribution is -2.55. The average molecular weight is 290 g/mol. The van der Waals surface area contributed by atoms with Crippen molar-refractivity contribution in [2.75, 3.05) is 0 Å². The van der Waals surface area contributed by atoms with Crippen molar-refractivity contribution < 1.29 is 9.59 Å². The molecule has 2 fully saturated rings. The number of hydrogen-bond donors (Lipinski definition) is 0. The summed E-state index contributed by atoms with van der Waals surface area (Å²) in [4.78, 5) is 24.6. The van der Waals surface area contributed by atoms with Crippen LogP contribution >= 0.6 is 0 Å². The van der Waals surface area contributed by atoms with E-state index in [0.717, 1.165) is 51.2 Å². The molecular weight excluding hydrogens is 260 g/mol. The van der Waals surface area contributed by atoms with Crippen LogP contribution in [0.1, 0.15) is 72.6 Å². The Bertz CT molecular complexity index is 446. The van der Waals surface area contributed by atoms with E-state index >= 15 is 0 Å². The van der Waals surface area contributed by atoms with Gasteiger partial charge in [0.25, 0.3) is 0 Å². The predicted octanol–water partition coefficient (Wildman–Crippen LogP) is 4.72. The Morgan fingerprint density at radius 2 is 2.00 bits per heavy atom. The first-order valence-corrected chi connectivity index (χ1v) is 8.50. The van der Waals surface area contributed by atoms with Crippen LogP contribution in [-0.2, 0) is 9.59 Å². The Hall–Kier alpha value is -0.920. The molecule has 0 radical (unpaired) electrons. The first kappa shape index (κ1) is 16.5. The van der Waals surface area contributed by atoms with Gasteiger partial charge < -0.3 is 4.79 Å². The zero-order chi connectivity index (χ0) is 15.7. The van der Waals surface area contributed by atoms with E-state index in [4.69, 9.17) is 0 Å². The molecule has 1 unspecified atom stereocenters. The number of fused-ring (bicyclic) bond motifs is 1. The number of carbonyl (C=O) groups is 2. The molecular formula is C19H30O2. The maximum absolute atomic E-state index is 12.7. The number of hydrogen-bond acceptors (Lipinski definition) is 2. The van der Waals surface area contributed by atoms with Crippen molar-refractivity contribution >= 4 is 12.1 Å². The minimum atomic E-state index is -0.671. The van der Waals surface area contributed by atoms with Crippen LogP contribution in [0.15, 0.2) is 11.6 Å². The number of ketones is 1. The van der Waals surface area contributed by atoms with Crippen LogP contribution in [0.2, 0.25) is 0 Å². The molecule has 0 saturated heterocycles. The first-order chi connectivity index (χ1) is 9.85. The lowest BCUT2D eigenvalue weighted by atomic mass is 9.48. The van der Waals surface area contributed by atoms with E-state index in [1.807, 2.05) is 6.92 Å². The number of rotatable bonds is 4. The van der Waals surface area contributed by atoms with Crippen molar-refractivity contribution in [3.63, 3.8) is 0 Å². The summed E-state index contributed by atoms with van der Waals surface area (Å²) in [5.74, 6) is 0.541. The molecule has 0 heterocycles. The van der Waals surface area contributed by atoms with Gasteiger partial charge in [0.1, 0.15) is 12.1 Å². The summed E-state index contributed by atoms with van der Waals surface area (Å²) in [6, 6.07) is 0. The van der Waals surface area contributed by atoms with Crippen LogP contribution < -0.4 is 0 Å². The molecule has 0 aromatic rings. The van der Waals surface area contributed by atoms with Gasteiger partial charge in [-0.1, -0.05) is 31.9 Å². The highest BCUT2D eigenvalue weighted by molar-refractivity contribution is 6.00. The van der Waals surface area contributed by atoms with Gasteiger partial charge in [0.15, 0.2) is 0 Å². The van der Waals surface area contributed by atoms with Crippen molar-refractivity contribution in [3.8, 4) is 0 Å². The summed E-state index contributed by atoms with van der Waals surface area (Å²) < 4.78 is 0. The maximum Gasteiger partial charge on any atom is 0.149 e. The monoisotopic (exact) mass is 290 g/mol. The Morgan fingerprint density at radius 1 is 1.29 bits per heavy atom. The Kier molecular flexibility index (Phi) is 4.75. The SMILES string of the molecule is CC(C)=CCC[C@]1(C)CCC[C@]2(C=O)C(=O)C(C)CC[C@@H]12. The Balaban J connectivity index is 2.26. The molecule has 2 aliphatic carbocycles. The smallest absolute Gasteiger partial charge is 0.149 e. The van der Waals surface area contributed by atoms with E-state index in [1.54, 1.807) is 0 Å². The van der Waals surface area contributed by atoms with Crippen molar-refractivity contribution in [3.05, 3.63) is 11.6 Å². The molecule has 2 aliphatic rings. The van der Waals surface area contributed by atoms with Gasteiger partial charge in [-0.2, -0.15) is 0 Å². The van der Waals surface area contributed by atoms with E-state index in [2.05, 4.69) is 26.8 Å². The second-order valence-electron chi connectivity index (χ2n) is 7.88. The van der Waals surface area contributed by atoms with Crippen molar-refractivity contribution in [1.82, 2.24) is 0 Å². The molecule has 0 aromatic heterocycles. The highest BCUT2D eigenvalue weighted by Crippen LogP contribution is 2.58. The quantitative estimate of drug-likeness (QED) is 0.426. The molecule has 2 rings (SSSR count). The van der Waals surface area contributed by atoms with Crippen LogP contribution in [0.5, 0.6) is 0 Å². The standard InChI is InChI=1S/C19H30O2/c1-14(2)7-5-10-18(4)11-6-12-19(13-20)16(18)9-8-15(3)17(19)21/h7,13,15-16H,5-6,8-12H2,1-4H3/t15?,16-,18+,19+/m0/s1. The molecule has 2 heteroatoms. The fourth-order valence-corrected chi connectivity index (χ4v) is 4.85. The lowest BCUT2D eigenvalue weighted by Gasteiger charge is -2.54. The molecule has 0 spiro atoms. The van der Waals surface area contributed by atoms with Crippen LogP contribution in [-0.4, -0.2) is 12.1 Å². The number of Topliss-reactive ketones (excluding diaryl/α,β-unsaturated/α-hetero) is 1. The van der Waals surface area contributed by atoms with Gasteiger partial charge >= 0.3 is 0 Å². The Morgan fingerprint density at radius 3 is 2.62 bits per heavy atom. The van der Waals surface area contributed by atoms with E-state index in [1.165, 1.54) is 5.57 Å². The molecule has 0 bridgehead atoms. The number of aldehydes is 1. The van der Waals surface area contributed by atoms with Crippen LogP contribution in [0, 0.1) is 22.7 Å². The fourth-order valence-electron chi connectivity index (χ4n) is 4.85. The zero-order valence-electron chi connectivity index (χ0n) is 14.1. The molecule has 2 nitrogen and oxygen atoms in total. The summed E-state index contributed by atoms with van der Waals surface area (Å²) >= 11 is 0. The normalized spacial score (nSPS) is 39.5. The molecule has 0 aromatic carbocycles. The predicted molar refractivity (Wildman–Crippen MR) is 86.0 cm³/mol. The van der Waals surface area contributed by atoms with Gasteiger partial charge in [-0.15, -0.1) is 0 Å². The van der Waals surface area contributed by atoms with Crippen molar-refractivity contribution in [2.45, 2.75) is 72.6 Å². The minimum absolute atomic E-state index is 0.0617. The molecule has 0 N–H and O–H groups in total. The van der Waals surface area contributed by atoms with Gasteiger partial charge in [0, 0.05) is 5.92 Å².